The van der Waals surface area contributed by atoms with Gasteiger partial charge in [0.05, 0.1) is 0 Å². The summed E-state index contributed by atoms with van der Waals surface area (Å²) >= 11 is 0. The molecule has 0 fully saturated rings. The second-order valence-corrected chi connectivity index (χ2v) is 7.87. The van der Waals surface area contributed by atoms with Crippen molar-refractivity contribution in [1.29, 1.82) is 0 Å². The Balaban J connectivity index is 1.46. The minimum atomic E-state index is 0.104. The Morgan fingerprint density at radius 1 is 1.07 bits per heavy atom. The van der Waals surface area contributed by atoms with Crippen LogP contribution >= 0.6 is 0 Å². The molecule has 0 saturated heterocycles. The maximum atomic E-state index is 12.0. The molecule has 1 amide bonds. The maximum absolute atomic E-state index is 12.0. The van der Waals surface area contributed by atoms with Crippen LogP contribution in [0.1, 0.15) is 31.6 Å². The van der Waals surface area contributed by atoms with Gasteiger partial charge in [0.15, 0.2) is 0 Å². The number of benzene rings is 2. The van der Waals surface area contributed by atoms with Crippen LogP contribution in [0.25, 0.3) is 22.4 Å². The molecular weight excluding hydrogens is 362 g/mol. The Labute approximate surface area is 171 Å². The van der Waals surface area contributed by atoms with Gasteiger partial charge in [-0.3, -0.25) is 9.69 Å². The van der Waals surface area contributed by atoms with Crippen molar-refractivity contribution in [3.8, 4) is 22.4 Å². The van der Waals surface area contributed by atoms with Crippen LogP contribution < -0.4 is 5.32 Å². The molecule has 0 radical (unpaired) electrons. The van der Waals surface area contributed by atoms with Crippen LogP contribution in [0.15, 0.2) is 59.1 Å². The van der Waals surface area contributed by atoms with Gasteiger partial charge >= 0.3 is 0 Å². The van der Waals surface area contributed by atoms with E-state index in [2.05, 4.69) is 51.8 Å². The summed E-state index contributed by atoms with van der Waals surface area (Å²) in [6.45, 7) is 6.37. The fraction of sp³-hybridized carbons (Fsp3) is 0.333. The zero-order chi connectivity index (χ0) is 20.2. The standard InChI is InChI=1S/C24H27N3O2/c1-17(2)25-23(28)13-15-27-14-12-22-21(16-27)24(26-29-22)20-10-8-19(9-11-20)18-6-4-3-5-7-18/h3-11,17H,12-16H2,1-2H3,(H,25,28). The maximum Gasteiger partial charge on any atom is 0.221 e. The van der Waals surface area contributed by atoms with Crippen LogP contribution in [0.2, 0.25) is 0 Å². The SMILES string of the molecule is CC(C)NC(=O)CCN1CCc2onc(-c3ccc(-c4ccccc4)cc3)c2C1. The molecule has 2 heterocycles. The van der Waals surface area contributed by atoms with E-state index in [0.29, 0.717) is 6.42 Å². The van der Waals surface area contributed by atoms with Gasteiger partial charge < -0.3 is 9.84 Å². The quantitative estimate of drug-likeness (QED) is 0.684. The Morgan fingerprint density at radius 3 is 2.48 bits per heavy atom. The molecule has 1 aliphatic rings. The van der Waals surface area contributed by atoms with Crippen LogP contribution in [-0.4, -0.2) is 35.1 Å². The van der Waals surface area contributed by atoms with Gasteiger partial charge in [-0.2, -0.15) is 0 Å². The van der Waals surface area contributed by atoms with E-state index >= 15 is 0 Å². The summed E-state index contributed by atoms with van der Waals surface area (Å²) in [6, 6.07) is 19.0. The molecule has 5 nitrogen and oxygen atoms in total. The Bertz CT molecular complexity index is 962. The van der Waals surface area contributed by atoms with Crippen LogP contribution in [-0.2, 0) is 17.8 Å². The van der Waals surface area contributed by atoms with E-state index in [0.717, 1.165) is 48.6 Å². The first-order valence-electron chi connectivity index (χ1n) is 10.2. The highest BCUT2D eigenvalue weighted by Crippen LogP contribution is 2.31. The smallest absolute Gasteiger partial charge is 0.221 e. The summed E-state index contributed by atoms with van der Waals surface area (Å²) in [5.41, 5.74) is 5.51. The van der Waals surface area contributed by atoms with Crippen molar-refractivity contribution in [2.75, 3.05) is 13.1 Å². The number of hydrogen-bond acceptors (Lipinski definition) is 4. The third-order valence-corrected chi connectivity index (χ3v) is 5.28. The van der Waals surface area contributed by atoms with E-state index in [9.17, 15) is 4.79 Å². The van der Waals surface area contributed by atoms with Crippen molar-refractivity contribution < 1.29 is 9.32 Å². The molecule has 150 valence electrons. The number of hydrogen-bond donors (Lipinski definition) is 1. The zero-order valence-electron chi connectivity index (χ0n) is 17.0. The van der Waals surface area contributed by atoms with E-state index < -0.39 is 0 Å². The number of carbonyl (C=O) groups excluding carboxylic acids is 1. The van der Waals surface area contributed by atoms with Crippen molar-refractivity contribution >= 4 is 5.91 Å². The predicted octanol–water partition coefficient (Wildman–Crippen LogP) is 4.28. The lowest BCUT2D eigenvalue weighted by Gasteiger charge is -2.26. The minimum Gasteiger partial charge on any atom is -0.360 e. The predicted molar refractivity (Wildman–Crippen MR) is 114 cm³/mol. The minimum absolute atomic E-state index is 0.104. The molecule has 1 aromatic heterocycles. The first kappa shape index (κ1) is 19.4. The second-order valence-electron chi connectivity index (χ2n) is 7.87. The second kappa shape index (κ2) is 8.62. The van der Waals surface area contributed by atoms with Crippen molar-refractivity contribution in [1.82, 2.24) is 15.4 Å². The first-order valence-corrected chi connectivity index (χ1v) is 10.2. The van der Waals surface area contributed by atoms with Crippen molar-refractivity contribution in [3.05, 3.63) is 65.9 Å². The van der Waals surface area contributed by atoms with Gasteiger partial charge in [-0.05, 0) is 25.0 Å². The van der Waals surface area contributed by atoms with Gasteiger partial charge in [0, 0.05) is 49.6 Å². The number of nitrogens with zero attached hydrogens (tertiary/aromatic N) is 2. The first-order chi connectivity index (χ1) is 14.1. The summed E-state index contributed by atoms with van der Waals surface area (Å²) in [5, 5.41) is 7.31. The van der Waals surface area contributed by atoms with Crippen LogP contribution in [0.4, 0.5) is 0 Å². The summed E-state index contributed by atoms with van der Waals surface area (Å²) in [5.74, 6) is 1.07. The topological polar surface area (TPSA) is 58.4 Å². The van der Waals surface area contributed by atoms with Gasteiger partial charge in [-0.25, -0.2) is 0 Å². The van der Waals surface area contributed by atoms with Crippen LogP contribution in [0.5, 0.6) is 0 Å². The Hall–Kier alpha value is -2.92. The van der Waals surface area contributed by atoms with Gasteiger partial charge in [0.2, 0.25) is 5.91 Å². The molecule has 0 atom stereocenters. The molecule has 0 aliphatic carbocycles. The third-order valence-electron chi connectivity index (χ3n) is 5.28. The molecule has 2 aromatic carbocycles. The van der Waals surface area contributed by atoms with Gasteiger partial charge in [0.1, 0.15) is 11.5 Å². The monoisotopic (exact) mass is 389 g/mol. The lowest BCUT2D eigenvalue weighted by atomic mass is 9.99. The van der Waals surface area contributed by atoms with Crippen molar-refractivity contribution in [2.45, 2.75) is 39.3 Å². The summed E-state index contributed by atoms with van der Waals surface area (Å²) in [6.07, 6.45) is 1.34. The average molecular weight is 389 g/mol. The highest BCUT2D eigenvalue weighted by molar-refractivity contribution is 5.76. The highest BCUT2D eigenvalue weighted by Gasteiger charge is 2.25. The third kappa shape index (κ3) is 4.57. The molecular formula is C24H27N3O2. The van der Waals surface area contributed by atoms with E-state index in [-0.39, 0.29) is 11.9 Å². The highest BCUT2D eigenvalue weighted by atomic mass is 16.5. The Kier molecular flexibility index (Phi) is 5.76. The van der Waals surface area contributed by atoms with E-state index in [1.807, 2.05) is 32.0 Å². The summed E-state index contributed by atoms with van der Waals surface area (Å²) < 4.78 is 5.63. The average Bonchev–Trinajstić information content (AvgIpc) is 3.16. The lowest BCUT2D eigenvalue weighted by Crippen LogP contribution is -2.36. The molecule has 5 heteroatoms. The molecule has 3 aromatic rings. The van der Waals surface area contributed by atoms with Gasteiger partial charge in [0.25, 0.3) is 0 Å². The summed E-state index contributed by atoms with van der Waals surface area (Å²) in [7, 11) is 0. The molecule has 1 aliphatic heterocycles. The van der Waals surface area contributed by atoms with Crippen molar-refractivity contribution in [3.63, 3.8) is 0 Å². The van der Waals surface area contributed by atoms with Crippen LogP contribution in [0, 0.1) is 0 Å². The number of fused-ring (bicyclic) bond motifs is 1. The van der Waals surface area contributed by atoms with Crippen LogP contribution in [0.3, 0.4) is 0 Å². The van der Waals surface area contributed by atoms with E-state index in [1.165, 1.54) is 11.1 Å². The zero-order valence-corrected chi connectivity index (χ0v) is 17.0. The van der Waals surface area contributed by atoms with Gasteiger partial charge in [-0.15, -0.1) is 0 Å². The molecule has 0 spiro atoms. The molecule has 0 saturated carbocycles. The number of aromatic nitrogens is 1. The normalized spacial score (nSPS) is 14.0. The largest absolute Gasteiger partial charge is 0.360 e. The lowest BCUT2D eigenvalue weighted by molar-refractivity contribution is -0.121. The van der Waals surface area contributed by atoms with Crippen molar-refractivity contribution in [2.24, 2.45) is 0 Å². The Morgan fingerprint density at radius 2 is 1.76 bits per heavy atom. The number of nitrogens with one attached hydrogen (secondary N) is 1. The fourth-order valence-electron chi connectivity index (χ4n) is 3.79. The molecule has 1 N–H and O–H groups in total. The fourth-order valence-corrected chi connectivity index (χ4v) is 3.79. The summed E-state index contributed by atoms with van der Waals surface area (Å²) in [4.78, 5) is 14.3. The number of carbonyl (C=O) groups is 1. The molecule has 4 rings (SSSR count). The van der Waals surface area contributed by atoms with E-state index in [4.69, 9.17) is 4.52 Å². The van der Waals surface area contributed by atoms with E-state index in [1.54, 1.807) is 0 Å². The molecule has 0 unspecified atom stereocenters. The molecule has 0 bridgehead atoms. The van der Waals surface area contributed by atoms with Gasteiger partial charge in [-0.1, -0.05) is 59.8 Å². The number of rotatable bonds is 6. The number of amides is 1. The molecule has 29 heavy (non-hydrogen) atoms.